The monoisotopic (exact) mass is 321 g/mol. The largest absolute Gasteiger partial charge is 0.345 e. The SMILES string of the molecule is CN(C)C(=O)c1ccnc(C#N)c1S(=O)(=O)C1CCCCC1. The first kappa shape index (κ1) is 16.4. The van der Waals surface area contributed by atoms with Gasteiger partial charge in [0.1, 0.15) is 11.0 Å². The number of carbonyl (C=O) groups is 1. The van der Waals surface area contributed by atoms with E-state index < -0.39 is 21.0 Å². The predicted octanol–water partition coefficient (Wildman–Crippen LogP) is 1.76. The summed E-state index contributed by atoms with van der Waals surface area (Å²) in [7, 11) is -0.652. The lowest BCUT2D eigenvalue weighted by Gasteiger charge is -2.23. The number of sulfone groups is 1. The second-order valence-electron chi connectivity index (χ2n) is 5.65. The summed E-state index contributed by atoms with van der Waals surface area (Å²) in [5, 5.41) is 8.69. The number of nitrogens with zero attached hydrogens (tertiary/aromatic N) is 3. The van der Waals surface area contributed by atoms with Crippen molar-refractivity contribution < 1.29 is 13.2 Å². The lowest BCUT2D eigenvalue weighted by atomic mass is 10.0. The van der Waals surface area contributed by atoms with Gasteiger partial charge in [-0.1, -0.05) is 19.3 Å². The predicted molar refractivity (Wildman–Crippen MR) is 81.0 cm³/mol. The maximum absolute atomic E-state index is 13.0. The van der Waals surface area contributed by atoms with Gasteiger partial charge in [0.05, 0.1) is 10.8 Å². The molecule has 0 bridgehead atoms. The van der Waals surface area contributed by atoms with Crippen LogP contribution in [0.25, 0.3) is 0 Å². The molecule has 0 atom stereocenters. The van der Waals surface area contributed by atoms with Crippen molar-refractivity contribution in [3.05, 3.63) is 23.5 Å². The zero-order valence-electron chi connectivity index (χ0n) is 12.7. The van der Waals surface area contributed by atoms with Crippen LogP contribution in [0, 0.1) is 11.3 Å². The van der Waals surface area contributed by atoms with E-state index in [-0.39, 0.29) is 16.2 Å². The number of nitriles is 1. The number of amides is 1. The van der Waals surface area contributed by atoms with Gasteiger partial charge in [-0.25, -0.2) is 13.4 Å². The van der Waals surface area contributed by atoms with Gasteiger partial charge < -0.3 is 4.90 Å². The van der Waals surface area contributed by atoms with Gasteiger partial charge in [0.2, 0.25) is 0 Å². The average molecular weight is 321 g/mol. The summed E-state index contributed by atoms with van der Waals surface area (Å²) < 4.78 is 25.9. The number of aromatic nitrogens is 1. The molecule has 0 saturated heterocycles. The molecule has 118 valence electrons. The molecule has 7 heteroatoms. The summed E-state index contributed by atoms with van der Waals surface area (Å²) in [6, 6.07) is 3.19. The zero-order chi connectivity index (χ0) is 16.3. The van der Waals surface area contributed by atoms with E-state index in [4.69, 9.17) is 0 Å². The van der Waals surface area contributed by atoms with Crippen LogP contribution in [-0.4, -0.2) is 43.6 Å². The van der Waals surface area contributed by atoms with Gasteiger partial charge in [-0.05, 0) is 18.9 Å². The van der Waals surface area contributed by atoms with Gasteiger partial charge in [0.25, 0.3) is 5.91 Å². The van der Waals surface area contributed by atoms with Gasteiger partial charge in [0.15, 0.2) is 15.5 Å². The zero-order valence-corrected chi connectivity index (χ0v) is 13.6. The van der Waals surface area contributed by atoms with E-state index in [0.29, 0.717) is 12.8 Å². The first-order valence-corrected chi connectivity index (χ1v) is 8.79. The number of hydrogen-bond donors (Lipinski definition) is 0. The average Bonchev–Trinajstić information content (AvgIpc) is 2.54. The van der Waals surface area contributed by atoms with E-state index in [1.54, 1.807) is 14.1 Å². The highest BCUT2D eigenvalue weighted by molar-refractivity contribution is 7.92. The third-order valence-corrected chi connectivity index (χ3v) is 6.25. The third kappa shape index (κ3) is 2.97. The normalized spacial score (nSPS) is 16.0. The Morgan fingerprint density at radius 3 is 2.50 bits per heavy atom. The van der Waals surface area contributed by atoms with E-state index >= 15 is 0 Å². The van der Waals surface area contributed by atoms with Crippen LogP contribution in [0.15, 0.2) is 17.2 Å². The van der Waals surface area contributed by atoms with Crippen LogP contribution in [0.1, 0.15) is 48.2 Å². The summed E-state index contributed by atoms with van der Waals surface area (Å²) in [6.07, 6.45) is 5.16. The first-order valence-electron chi connectivity index (χ1n) is 7.24. The van der Waals surface area contributed by atoms with Crippen molar-refractivity contribution in [1.29, 1.82) is 5.26 Å². The van der Waals surface area contributed by atoms with Crippen molar-refractivity contribution in [2.45, 2.75) is 42.2 Å². The van der Waals surface area contributed by atoms with E-state index in [0.717, 1.165) is 19.3 Å². The topological polar surface area (TPSA) is 91.1 Å². The molecule has 0 aliphatic heterocycles. The summed E-state index contributed by atoms with van der Waals surface area (Å²) >= 11 is 0. The molecule has 1 saturated carbocycles. The Kier molecular flexibility index (Phi) is 4.81. The minimum absolute atomic E-state index is 0.0297. The van der Waals surface area contributed by atoms with Crippen molar-refractivity contribution >= 4 is 15.7 Å². The Labute approximate surface area is 130 Å². The number of rotatable bonds is 3. The molecule has 1 heterocycles. The van der Waals surface area contributed by atoms with E-state index in [2.05, 4.69) is 4.98 Å². The Morgan fingerprint density at radius 1 is 1.32 bits per heavy atom. The Morgan fingerprint density at radius 2 is 1.95 bits per heavy atom. The van der Waals surface area contributed by atoms with Crippen LogP contribution in [0.3, 0.4) is 0 Å². The fourth-order valence-corrected chi connectivity index (χ4v) is 4.88. The summed E-state index contributed by atoms with van der Waals surface area (Å²) in [6.45, 7) is 0. The summed E-state index contributed by atoms with van der Waals surface area (Å²) in [5.41, 5.74) is -0.166. The molecule has 1 aliphatic rings. The molecule has 22 heavy (non-hydrogen) atoms. The smallest absolute Gasteiger partial charge is 0.254 e. The standard InChI is InChI=1S/C15H19N3O3S/c1-18(2)15(19)12-8-9-17-13(10-16)14(12)22(20,21)11-6-4-3-5-7-11/h8-9,11H,3-7H2,1-2H3. The van der Waals surface area contributed by atoms with Crippen molar-refractivity contribution in [2.75, 3.05) is 14.1 Å². The van der Waals surface area contributed by atoms with Gasteiger partial charge >= 0.3 is 0 Å². The van der Waals surface area contributed by atoms with Gasteiger partial charge in [-0.3, -0.25) is 4.79 Å². The third-order valence-electron chi connectivity index (χ3n) is 3.92. The van der Waals surface area contributed by atoms with Crippen LogP contribution in [0.5, 0.6) is 0 Å². The Balaban J connectivity index is 2.62. The second-order valence-corrected chi connectivity index (χ2v) is 7.82. The molecule has 1 fully saturated rings. The molecule has 0 N–H and O–H groups in total. The van der Waals surface area contributed by atoms with E-state index in [9.17, 15) is 18.5 Å². The summed E-state index contributed by atoms with van der Waals surface area (Å²) in [5.74, 6) is -0.437. The Bertz CT molecular complexity index is 714. The van der Waals surface area contributed by atoms with Gasteiger partial charge in [-0.15, -0.1) is 0 Å². The minimum atomic E-state index is -3.75. The van der Waals surface area contributed by atoms with Crippen LogP contribution in [0.4, 0.5) is 0 Å². The molecule has 0 aromatic carbocycles. The molecule has 0 unspecified atom stereocenters. The molecule has 0 radical (unpaired) electrons. The molecule has 1 aromatic rings. The highest BCUT2D eigenvalue weighted by Gasteiger charge is 2.35. The van der Waals surface area contributed by atoms with Crippen LogP contribution >= 0.6 is 0 Å². The van der Waals surface area contributed by atoms with Gasteiger partial charge in [0, 0.05) is 20.3 Å². The van der Waals surface area contributed by atoms with Crippen molar-refractivity contribution in [2.24, 2.45) is 0 Å². The lowest BCUT2D eigenvalue weighted by molar-refractivity contribution is 0.0823. The fraction of sp³-hybridized carbons (Fsp3) is 0.533. The molecular weight excluding hydrogens is 302 g/mol. The van der Waals surface area contributed by atoms with Gasteiger partial charge in [-0.2, -0.15) is 5.26 Å². The molecular formula is C15H19N3O3S. The maximum Gasteiger partial charge on any atom is 0.254 e. The molecule has 1 amide bonds. The lowest BCUT2D eigenvalue weighted by Crippen LogP contribution is -2.29. The fourth-order valence-electron chi connectivity index (χ4n) is 2.77. The van der Waals surface area contributed by atoms with E-state index in [1.807, 2.05) is 6.07 Å². The quantitative estimate of drug-likeness (QED) is 0.846. The molecule has 1 aliphatic carbocycles. The minimum Gasteiger partial charge on any atom is -0.345 e. The molecule has 6 nitrogen and oxygen atoms in total. The van der Waals surface area contributed by atoms with E-state index in [1.165, 1.54) is 17.2 Å². The van der Waals surface area contributed by atoms with Crippen molar-refractivity contribution in [3.63, 3.8) is 0 Å². The Hall–Kier alpha value is -1.94. The van der Waals surface area contributed by atoms with Crippen LogP contribution in [-0.2, 0) is 9.84 Å². The number of hydrogen-bond acceptors (Lipinski definition) is 5. The molecule has 2 rings (SSSR count). The highest BCUT2D eigenvalue weighted by atomic mass is 32.2. The molecule has 0 spiro atoms. The molecule has 1 aromatic heterocycles. The van der Waals surface area contributed by atoms with Crippen molar-refractivity contribution in [1.82, 2.24) is 9.88 Å². The summed E-state index contributed by atoms with van der Waals surface area (Å²) in [4.78, 5) is 17.2. The highest BCUT2D eigenvalue weighted by Crippen LogP contribution is 2.31. The van der Waals surface area contributed by atoms with Crippen molar-refractivity contribution in [3.8, 4) is 6.07 Å². The maximum atomic E-state index is 13.0. The number of pyridine rings is 1. The second kappa shape index (κ2) is 6.44. The first-order chi connectivity index (χ1) is 10.4. The number of carbonyl (C=O) groups excluding carboxylic acids is 1. The van der Waals surface area contributed by atoms with Crippen LogP contribution < -0.4 is 0 Å². The van der Waals surface area contributed by atoms with Crippen LogP contribution in [0.2, 0.25) is 0 Å².